The molecule has 3 saturated heterocycles. The Morgan fingerprint density at radius 1 is 0.919 bits per heavy atom. The maximum Gasteiger partial charge on any atom is 0.280 e. The Morgan fingerprint density at radius 2 is 1.71 bits per heavy atom. The van der Waals surface area contributed by atoms with Gasteiger partial charge in [-0.05, 0) is 94.3 Å². The molecule has 15 nitrogen and oxygen atoms in total. The number of nitrogens with zero attached hydrogens (tertiary/aromatic N) is 8. The maximum atomic E-state index is 15.3. The molecule has 4 amide bonds. The highest BCUT2D eigenvalue weighted by Crippen LogP contribution is 2.39. The fraction of sp³-hybridized carbons (Fsp3) is 0.444. The molecular weight excluding hydrogens is 799 g/mol. The molecule has 0 saturated carbocycles. The van der Waals surface area contributed by atoms with Crippen molar-refractivity contribution in [1.82, 2.24) is 25.0 Å². The second kappa shape index (κ2) is 16.8. The van der Waals surface area contributed by atoms with Crippen LogP contribution >= 0.6 is 0 Å². The molecule has 2 bridgehead atoms. The highest BCUT2D eigenvalue weighted by atomic mass is 19.1. The number of pyridine rings is 1. The van der Waals surface area contributed by atoms with Crippen LogP contribution in [0.25, 0.3) is 11.3 Å². The number of guanidine groups is 1. The summed E-state index contributed by atoms with van der Waals surface area (Å²) in [5, 5.41) is 9.95. The first-order chi connectivity index (χ1) is 29.9. The van der Waals surface area contributed by atoms with E-state index in [4.69, 9.17) is 4.74 Å². The summed E-state index contributed by atoms with van der Waals surface area (Å²) in [5.74, 6) is -3.43. The smallest absolute Gasteiger partial charge is 0.280 e. The average molecular weight is 849 g/mol. The third-order valence-corrected chi connectivity index (χ3v) is 12.9. The van der Waals surface area contributed by atoms with Gasteiger partial charge in [-0.2, -0.15) is 10.1 Å². The highest BCUT2D eigenvalue weighted by molar-refractivity contribution is 6.19. The Hall–Kier alpha value is -6.39. The van der Waals surface area contributed by atoms with Crippen LogP contribution in [0.2, 0.25) is 0 Å². The van der Waals surface area contributed by atoms with Gasteiger partial charge in [0, 0.05) is 87.5 Å². The molecule has 2 atom stereocenters. The minimum atomic E-state index is -1.07. The van der Waals surface area contributed by atoms with Crippen molar-refractivity contribution in [3.63, 3.8) is 0 Å². The second-order valence-electron chi connectivity index (χ2n) is 16.9. The van der Waals surface area contributed by atoms with Crippen molar-refractivity contribution in [2.75, 3.05) is 66.4 Å². The van der Waals surface area contributed by atoms with Crippen LogP contribution in [-0.2, 0) is 21.4 Å². The van der Waals surface area contributed by atoms with Crippen molar-refractivity contribution in [1.29, 1.82) is 0 Å². The van der Waals surface area contributed by atoms with E-state index in [0.29, 0.717) is 80.2 Å². The summed E-state index contributed by atoms with van der Waals surface area (Å²) in [6.07, 6.45) is 6.47. The molecule has 9 rings (SSSR count). The molecular formula is C45H50F2N10O5. The van der Waals surface area contributed by atoms with Gasteiger partial charge in [0.15, 0.2) is 0 Å². The van der Waals surface area contributed by atoms with Crippen molar-refractivity contribution >= 4 is 52.3 Å². The normalized spacial score (nSPS) is 21.7. The highest BCUT2D eigenvalue weighted by Gasteiger charge is 2.37. The predicted octanol–water partition coefficient (Wildman–Crippen LogP) is 5.53. The molecule has 7 heterocycles. The number of hydrogen-bond donors (Lipinski definition) is 2. The Kier molecular flexibility index (Phi) is 11.1. The zero-order chi connectivity index (χ0) is 43.2. The van der Waals surface area contributed by atoms with Crippen molar-refractivity contribution in [3.8, 4) is 17.1 Å². The number of rotatable bonds is 5. The van der Waals surface area contributed by atoms with Gasteiger partial charge in [0.2, 0.25) is 29.6 Å². The SMILES string of the molecule is Cc1cc2cc(n1)-c1cnn(C)c1OCCCCCN1/C(=N/C2=O)Nc2ccc(N(C)C3CCN(C(=O)[C@@H]4CCN(c5cc(F)c([C@H]6CCC(=O)NC6=O)c(F)c5)C4)CC3)cc21. The lowest BCUT2D eigenvalue weighted by atomic mass is 9.89. The van der Waals surface area contributed by atoms with Gasteiger partial charge in [-0.3, -0.25) is 29.5 Å². The number of ether oxygens (including phenoxy) is 1. The standard InChI is InChI=1S/C45H50F2N10O5/c1-26-19-28-20-37(49-26)33-24-48-54(3)44(33)62-18-6-4-5-14-57-38-23-30(7-9-36(38)50-45(57)52-41(28)59)53(2)29-12-16-55(17-13-29)43(61)27-11-15-56(25-27)31-21-34(46)40(35(47)22-31)32-8-10-39(58)51-42(32)60/h7,9,19-24,27,29,32H,4-6,8,10-18,25H2,1-3H3,(H,50,52,59)(H,51,58,60)/t27-,32-/m1/s1. The third-order valence-electron chi connectivity index (χ3n) is 12.9. The summed E-state index contributed by atoms with van der Waals surface area (Å²) in [6.45, 7) is 5.01. The van der Waals surface area contributed by atoms with Crippen LogP contribution in [0.3, 0.4) is 0 Å². The van der Waals surface area contributed by atoms with Crippen LogP contribution in [0.1, 0.15) is 78.9 Å². The Bertz CT molecular complexity index is 2460. The number of halogens is 2. The summed E-state index contributed by atoms with van der Waals surface area (Å²) in [5.41, 5.74) is 5.25. The van der Waals surface area contributed by atoms with Crippen molar-refractivity contribution in [2.24, 2.45) is 18.0 Å². The van der Waals surface area contributed by atoms with Crippen LogP contribution in [0.4, 0.5) is 31.5 Å². The first-order valence-corrected chi connectivity index (χ1v) is 21.5. The van der Waals surface area contributed by atoms with Crippen LogP contribution in [0.5, 0.6) is 5.88 Å². The quantitative estimate of drug-likeness (QED) is 0.244. The molecule has 0 aliphatic carbocycles. The van der Waals surface area contributed by atoms with Crippen LogP contribution in [0.15, 0.2) is 53.7 Å². The predicted molar refractivity (Wildman–Crippen MR) is 230 cm³/mol. The van der Waals surface area contributed by atoms with Gasteiger partial charge in [-0.15, -0.1) is 0 Å². The molecule has 0 unspecified atom stereocenters. The van der Waals surface area contributed by atoms with Gasteiger partial charge in [0.25, 0.3) is 5.91 Å². The van der Waals surface area contributed by atoms with E-state index < -0.39 is 29.4 Å². The number of hydrogen-bond acceptors (Lipinski definition) is 11. The lowest BCUT2D eigenvalue weighted by molar-refractivity contribution is -0.136. The lowest BCUT2D eigenvalue weighted by Crippen LogP contribution is -2.47. The van der Waals surface area contributed by atoms with Gasteiger partial charge in [0.05, 0.1) is 47.3 Å². The summed E-state index contributed by atoms with van der Waals surface area (Å²) in [4.78, 5) is 68.9. The van der Waals surface area contributed by atoms with E-state index in [1.165, 1.54) is 12.1 Å². The third kappa shape index (κ3) is 7.95. The summed E-state index contributed by atoms with van der Waals surface area (Å²) in [7, 11) is 3.90. The monoisotopic (exact) mass is 848 g/mol. The zero-order valence-electron chi connectivity index (χ0n) is 35.1. The number of piperidine rings is 2. The van der Waals surface area contributed by atoms with E-state index in [9.17, 15) is 19.2 Å². The number of carbonyl (C=O) groups is 4. The molecule has 5 aliphatic heterocycles. The molecule has 2 aromatic heterocycles. The van der Waals surface area contributed by atoms with E-state index in [2.05, 4.69) is 54.7 Å². The van der Waals surface area contributed by atoms with Crippen molar-refractivity contribution in [2.45, 2.75) is 70.3 Å². The molecule has 0 radical (unpaired) electrons. The average Bonchev–Trinajstić information content (AvgIpc) is 3.98. The van der Waals surface area contributed by atoms with E-state index in [1.54, 1.807) is 23.0 Å². The fourth-order valence-electron chi connectivity index (χ4n) is 9.46. The van der Waals surface area contributed by atoms with Crippen molar-refractivity contribution in [3.05, 3.63) is 77.1 Å². The van der Waals surface area contributed by atoms with Gasteiger partial charge in [-0.1, -0.05) is 0 Å². The lowest BCUT2D eigenvalue weighted by Gasteiger charge is -2.39. The summed E-state index contributed by atoms with van der Waals surface area (Å²) in [6, 6.07) is 12.3. The number of likely N-dealkylation sites (tertiary alicyclic amines) is 1. The number of anilines is 4. The number of benzene rings is 2. The topological polar surface area (TPSA) is 158 Å². The Balaban J connectivity index is 0.845. The number of carbonyl (C=O) groups excluding carboxylic acids is 4. The molecule has 0 spiro atoms. The fourth-order valence-corrected chi connectivity index (χ4v) is 9.46. The molecule has 62 heavy (non-hydrogen) atoms. The van der Waals surface area contributed by atoms with Gasteiger partial charge in [0.1, 0.15) is 11.6 Å². The minimum Gasteiger partial charge on any atom is -0.477 e. The Morgan fingerprint density at radius 3 is 2.48 bits per heavy atom. The second-order valence-corrected chi connectivity index (χ2v) is 16.9. The Labute approximate surface area is 358 Å². The summed E-state index contributed by atoms with van der Waals surface area (Å²) < 4.78 is 38.5. The number of aromatic nitrogens is 3. The number of aliphatic imine (C=N–C) groups is 1. The maximum absolute atomic E-state index is 15.3. The van der Waals surface area contributed by atoms with Gasteiger partial charge in [-0.25, -0.2) is 13.5 Å². The molecule has 2 N–H and O–H groups in total. The van der Waals surface area contributed by atoms with Crippen LogP contribution in [-0.4, -0.2) is 102 Å². The van der Waals surface area contributed by atoms with Crippen LogP contribution < -0.4 is 30.1 Å². The van der Waals surface area contributed by atoms with E-state index in [-0.39, 0.29) is 42.2 Å². The molecule has 324 valence electrons. The van der Waals surface area contributed by atoms with Crippen LogP contribution in [0, 0.1) is 24.5 Å². The molecule has 5 aliphatic rings. The number of aryl methyl sites for hydroxylation is 2. The first-order valence-electron chi connectivity index (χ1n) is 21.5. The van der Waals surface area contributed by atoms with E-state index in [1.807, 2.05) is 29.8 Å². The van der Waals surface area contributed by atoms with Gasteiger partial charge >= 0.3 is 0 Å². The molecule has 3 fully saturated rings. The largest absolute Gasteiger partial charge is 0.477 e. The minimum absolute atomic E-state index is 0.0211. The van der Waals surface area contributed by atoms with Crippen molar-refractivity contribution < 1.29 is 32.7 Å². The first kappa shape index (κ1) is 41.0. The van der Waals surface area contributed by atoms with E-state index in [0.717, 1.165) is 54.7 Å². The number of imide groups is 1. The molecule has 17 heteroatoms. The zero-order valence-corrected chi connectivity index (χ0v) is 35.1. The number of nitrogens with one attached hydrogen (secondary N) is 2. The number of amides is 4. The van der Waals surface area contributed by atoms with Gasteiger partial charge < -0.3 is 29.7 Å². The number of fused-ring (bicyclic) bond motifs is 7. The van der Waals surface area contributed by atoms with E-state index >= 15 is 8.78 Å². The molecule has 2 aromatic carbocycles. The molecule has 4 aromatic rings. The summed E-state index contributed by atoms with van der Waals surface area (Å²) >= 11 is 0.